The summed E-state index contributed by atoms with van der Waals surface area (Å²) >= 11 is 5.86. The minimum Gasteiger partial charge on any atom is -0.490 e. The van der Waals surface area contributed by atoms with Gasteiger partial charge in [0.15, 0.2) is 9.84 Å². The highest BCUT2D eigenvalue weighted by Crippen LogP contribution is 2.24. The van der Waals surface area contributed by atoms with Crippen LogP contribution in [0.25, 0.3) is 0 Å². The molecule has 0 radical (unpaired) electrons. The Bertz CT molecular complexity index is 1270. The van der Waals surface area contributed by atoms with Crippen molar-refractivity contribution < 1.29 is 43.9 Å². The lowest BCUT2D eigenvalue weighted by Gasteiger charge is -2.16. The second-order valence-electron chi connectivity index (χ2n) is 6.66. The number of rotatable bonds is 8. The smallest absolute Gasteiger partial charge is 0.490 e. The predicted molar refractivity (Wildman–Crippen MR) is 110 cm³/mol. The highest BCUT2D eigenvalue weighted by atomic mass is 35.5. The molecule has 1 heterocycles. The molecule has 1 atom stereocenters. The van der Waals surface area contributed by atoms with Crippen LogP contribution in [0.15, 0.2) is 35.4 Å². The van der Waals surface area contributed by atoms with E-state index in [0.29, 0.717) is 6.07 Å². The van der Waals surface area contributed by atoms with Gasteiger partial charge in [-0.2, -0.15) is 13.2 Å². The number of hydrogen-bond acceptors (Lipinski definition) is 7. The molecule has 9 nitrogen and oxygen atoms in total. The van der Waals surface area contributed by atoms with Gasteiger partial charge in [-0.05, 0) is 31.2 Å². The first kappa shape index (κ1) is 26.8. The normalized spacial score (nSPS) is 13.4. The Hall–Kier alpha value is -2.49. The van der Waals surface area contributed by atoms with Gasteiger partial charge in [-0.1, -0.05) is 11.6 Å². The van der Waals surface area contributed by atoms with Gasteiger partial charge in [-0.3, -0.25) is 4.79 Å². The Balaban J connectivity index is 2.13. The number of sulfone groups is 1. The van der Waals surface area contributed by atoms with Gasteiger partial charge in [-0.25, -0.2) is 30.9 Å². The minimum absolute atomic E-state index is 0.143. The van der Waals surface area contributed by atoms with E-state index in [-0.39, 0.29) is 27.0 Å². The third kappa shape index (κ3) is 6.99. The van der Waals surface area contributed by atoms with Crippen LogP contribution in [0.3, 0.4) is 0 Å². The number of aromatic nitrogens is 1. The quantitative estimate of drug-likeness (QED) is 0.394. The van der Waals surface area contributed by atoms with Crippen LogP contribution < -0.4 is 14.8 Å². The van der Waals surface area contributed by atoms with Crippen LogP contribution in [-0.2, 0) is 19.9 Å². The lowest BCUT2D eigenvalue weighted by molar-refractivity contribution is -0.0451. The number of carbonyl (C=O) groups is 1. The van der Waals surface area contributed by atoms with Gasteiger partial charge >= 0.3 is 15.5 Å². The Morgan fingerprint density at radius 1 is 1.21 bits per heavy atom. The van der Waals surface area contributed by atoms with Gasteiger partial charge in [-0.15, -0.1) is 0 Å². The number of hydrogen-bond donors (Lipinski definition) is 2. The van der Waals surface area contributed by atoms with Crippen molar-refractivity contribution in [1.29, 1.82) is 0 Å². The Morgan fingerprint density at radius 2 is 1.85 bits per heavy atom. The zero-order valence-corrected chi connectivity index (χ0v) is 19.2. The summed E-state index contributed by atoms with van der Waals surface area (Å²) in [4.78, 5) is 15.9. The number of ether oxygens (including phenoxy) is 1. The molecule has 182 valence electrons. The van der Waals surface area contributed by atoms with Crippen molar-refractivity contribution in [3.63, 3.8) is 0 Å². The first-order valence-corrected chi connectivity index (χ1v) is 12.4. The summed E-state index contributed by atoms with van der Waals surface area (Å²) < 4.78 is 103. The van der Waals surface area contributed by atoms with Crippen LogP contribution in [0.2, 0.25) is 5.15 Å². The molecular formula is C17H16ClF4N3O6S2. The lowest BCUT2D eigenvalue weighted by Crippen LogP contribution is -2.43. The molecule has 16 heteroatoms. The average Bonchev–Trinajstić information content (AvgIpc) is 2.66. The molecule has 0 unspecified atom stereocenters. The van der Waals surface area contributed by atoms with Crippen LogP contribution in [-0.4, -0.2) is 52.1 Å². The predicted octanol–water partition coefficient (Wildman–Crippen LogP) is 2.74. The number of nitrogens with one attached hydrogen (secondary N) is 2. The maximum Gasteiger partial charge on any atom is 0.511 e. The second kappa shape index (κ2) is 9.79. The molecule has 2 N–H and O–H groups in total. The fourth-order valence-corrected chi connectivity index (χ4v) is 3.82. The topological polar surface area (TPSA) is 132 Å². The summed E-state index contributed by atoms with van der Waals surface area (Å²) in [5, 5.41) is 1.86. The molecule has 1 aromatic heterocycles. The van der Waals surface area contributed by atoms with Crippen molar-refractivity contribution in [2.24, 2.45) is 0 Å². The number of carbonyl (C=O) groups excluding carboxylic acids is 1. The Labute approximate surface area is 191 Å². The van der Waals surface area contributed by atoms with Gasteiger partial charge in [0.2, 0.25) is 0 Å². The van der Waals surface area contributed by atoms with E-state index in [4.69, 9.17) is 16.3 Å². The summed E-state index contributed by atoms with van der Waals surface area (Å²) in [5.41, 5.74) is -6.15. The summed E-state index contributed by atoms with van der Waals surface area (Å²) in [7, 11) is -9.26. The fraction of sp³-hybridized carbons (Fsp3) is 0.294. The van der Waals surface area contributed by atoms with E-state index in [2.05, 4.69) is 10.3 Å². The first-order chi connectivity index (χ1) is 15.0. The number of benzene rings is 1. The number of alkyl halides is 3. The van der Waals surface area contributed by atoms with E-state index >= 15 is 0 Å². The molecule has 0 bridgehead atoms. The van der Waals surface area contributed by atoms with Crippen LogP contribution in [0.5, 0.6) is 5.75 Å². The molecule has 0 aliphatic heterocycles. The van der Waals surface area contributed by atoms with Crippen LogP contribution in [0.4, 0.5) is 23.2 Å². The van der Waals surface area contributed by atoms with Crippen molar-refractivity contribution in [2.75, 3.05) is 18.2 Å². The molecule has 1 amide bonds. The number of amides is 1. The van der Waals surface area contributed by atoms with Crippen molar-refractivity contribution in [3.05, 3.63) is 47.0 Å². The van der Waals surface area contributed by atoms with E-state index in [9.17, 15) is 39.2 Å². The zero-order valence-electron chi connectivity index (χ0n) is 16.8. The molecule has 0 aliphatic carbocycles. The number of pyridine rings is 1. The van der Waals surface area contributed by atoms with E-state index in [1.807, 2.05) is 0 Å². The molecule has 2 aromatic rings. The van der Waals surface area contributed by atoms with Gasteiger partial charge in [0.1, 0.15) is 23.3 Å². The van der Waals surface area contributed by atoms with Crippen molar-refractivity contribution in [1.82, 2.24) is 9.71 Å². The molecule has 0 fully saturated rings. The molecule has 0 spiro atoms. The fourth-order valence-electron chi connectivity index (χ4n) is 2.27. The summed E-state index contributed by atoms with van der Waals surface area (Å²) in [6, 6.07) is 2.58. The lowest BCUT2D eigenvalue weighted by atomic mass is 10.2. The van der Waals surface area contributed by atoms with Crippen molar-refractivity contribution in [2.45, 2.75) is 23.4 Å². The summed E-state index contributed by atoms with van der Waals surface area (Å²) in [6.45, 7) is 0.560. The van der Waals surface area contributed by atoms with Crippen LogP contribution in [0, 0.1) is 5.82 Å². The molecule has 33 heavy (non-hydrogen) atoms. The SMILES string of the molecule is C[C@@H](COc1cnc(Cl)c(C(=O)Nc2ccc(S(C)(=O)=O)cc2F)c1)NS(=O)(=O)C(F)(F)F. The van der Waals surface area contributed by atoms with E-state index in [1.54, 1.807) is 0 Å². The average molecular weight is 534 g/mol. The Morgan fingerprint density at radius 3 is 2.39 bits per heavy atom. The molecule has 0 saturated heterocycles. The Kier molecular flexibility index (Phi) is 7.94. The molecule has 0 saturated carbocycles. The molecule has 0 aliphatic rings. The number of nitrogens with zero attached hydrogens (tertiary/aromatic N) is 1. The highest BCUT2D eigenvalue weighted by molar-refractivity contribution is 7.90. The van der Waals surface area contributed by atoms with Crippen LogP contribution in [0.1, 0.15) is 17.3 Å². The maximum atomic E-state index is 14.2. The number of sulfonamides is 1. The molecular weight excluding hydrogens is 518 g/mol. The largest absolute Gasteiger partial charge is 0.511 e. The van der Waals surface area contributed by atoms with Crippen molar-refractivity contribution in [3.8, 4) is 5.75 Å². The van der Waals surface area contributed by atoms with Gasteiger partial charge in [0.05, 0.1) is 28.4 Å². The maximum absolute atomic E-state index is 14.2. The van der Waals surface area contributed by atoms with Gasteiger partial charge < -0.3 is 10.1 Å². The van der Waals surface area contributed by atoms with E-state index in [0.717, 1.165) is 37.6 Å². The molecule has 2 rings (SSSR count). The monoisotopic (exact) mass is 533 g/mol. The van der Waals surface area contributed by atoms with E-state index in [1.165, 1.54) is 4.72 Å². The molecule has 1 aromatic carbocycles. The summed E-state index contributed by atoms with van der Waals surface area (Å²) in [5.74, 6) is -2.13. The van der Waals surface area contributed by atoms with Crippen molar-refractivity contribution >= 4 is 43.1 Å². The van der Waals surface area contributed by atoms with E-state index < -0.39 is 49.7 Å². The highest BCUT2D eigenvalue weighted by Gasteiger charge is 2.46. The third-order valence-electron chi connectivity index (χ3n) is 3.84. The van der Waals surface area contributed by atoms with Gasteiger partial charge in [0.25, 0.3) is 5.91 Å². The summed E-state index contributed by atoms with van der Waals surface area (Å²) in [6.07, 6.45) is 1.91. The van der Waals surface area contributed by atoms with Gasteiger partial charge in [0, 0.05) is 6.26 Å². The second-order valence-corrected chi connectivity index (χ2v) is 10.7. The number of anilines is 1. The minimum atomic E-state index is -5.58. The number of halogens is 5. The van der Waals surface area contributed by atoms with Crippen LogP contribution >= 0.6 is 11.6 Å². The third-order valence-corrected chi connectivity index (χ3v) is 6.57. The zero-order chi connectivity index (χ0) is 25.2. The standard InChI is InChI=1S/C17H16ClF4N3O6S2/c1-9(25-33(29,30)17(20,21)22)8-31-10-5-12(15(18)23-7-10)16(26)24-14-4-3-11(6-13(14)19)32(2,27)28/h3-7,9,25H,8H2,1-2H3,(H,24,26)/t9-/m0/s1. The first-order valence-electron chi connectivity index (χ1n) is 8.69.